The van der Waals surface area contributed by atoms with Crippen molar-refractivity contribution in [2.24, 2.45) is 0 Å². The first kappa shape index (κ1) is 16.7. The van der Waals surface area contributed by atoms with Crippen LogP contribution in [0.15, 0.2) is 65.5 Å². The summed E-state index contributed by atoms with van der Waals surface area (Å²) >= 11 is 0. The molecule has 0 amide bonds. The zero-order valence-corrected chi connectivity index (χ0v) is 14.1. The highest BCUT2D eigenvalue weighted by molar-refractivity contribution is 5.80. The number of imidazole rings is 1. The van der Waals surface area contributed by atoms with Gasteiger partial charge in [-0.05, 0) is 35.9 Å². The summed E-state index contributed by atoms with van der Waals surface area (Å²) in [7, 11) is 0. The molecular formula is C21H15FN2O3. The Morgan fingerprint density at radius 3 is 2.44 bits per heavy atom. The maximum Gasteiger partial charge on any atom is 0.331 e. The van der Waals surface area contributed by atoms with Crippen LogP contribution in [0.4, 0.5) is 4.39 Å². The first-order chi connectivity index (χ1) is 13.0. The predicted molar refractivity (Wildman–Crippen MR) is 103 cm³/mol. The minimum absolute atomic E-state index is 0.137. The summed E-state index contributed by atoms with van der Waals surface area (Å²) in [4.78, 5) is 15.1. The summed E-state index contributed by atoms with van der Waals surface area (Å²) in [5, 5.41) is 20.4. The van der Waals surface area contributed by atoms with E-state index in [9.17, 15) is 19.4 Å². The first-order valence-electron chi connectivity index (χ1n) is 8.23. The molecule has 0 radical (unpaired) electrons. The van der Waals surface area contributed by atoms with Crippen LogP contribution in [0.25, 0.3) is 28.9 Å². The number of phenols is 2. The lowest BCUT2D eigenvalue weighted by atomic mass is 10.1. The summed E-state index contributed by atoms with van der Waals surface area (Å²) in [5.41, 5.74) is 2.24. The molecule has 1 heterocycles. The molecule has 0 saturated heterocycles. The molecule has 27 heavy (non-hydrogen) atoms. The molecule has 134 valence electrons. The fraction of sp³-hybridized carbons (Fsp3) is 0. The second-order valence-corrected chi connectivity index (χ2v) is 6.07. The number of hydrogen-bond donors (Lipinski definition) is 3. The monoisotopic (exact) mass is 362 g/mol. The lowest BCUT2D eigenvalue weighted by Crippen LogP contribution is -2.14. The smallest absolute Gasteiger partial charge is 0.331 e. The Morgan fingerprint density at radius 1 is 0.926 bits per heavy atom. The molecule has 0 aliphatic rings. The Morgan fingerprint density at radius 2 is 1.67 bits per heavy atom. The molecule has 0 saturated carbocycles. The van der Waals surface area contributed by atoms with Crippen LogP contribution in [0.2, 0.25) is 0 Å². The Hall–Kier alpha value is -3.80. The summed E-state index contributed by atoms with van der Waals surface area (Å²) in [6, 6.07) is 15.7. The molecule has 3 aromatic carbocycles. The van der Waals surface area contributed by atoms with Gasteiger partial charge >= 0.3 is 5.69 Å². The Labute approximate surface area is 153 Å². The standard InChI is InChI=1S/C21H15FN2O3/c22-15-9-6-13(7-10-15)5-8-14-11-18(20(26)12-19(14)25)24-17-4-2-1-3-16(17)23-21(24)27/h1-12,25-26H,(H,23,27). The molecule has 4 aromatic rings. The lowest BCUT2D eigenvalue weighted by molar-refractivity contribution is 0.448. The third-order valence-corrected chi connectivity index (χ3v) is 4.28. The van der Waals surface area contributed by atoms with Crippen molar-refractivity contribution < 1.29 is 14.6 Å². The minimum Gasteiger partial charge on any atom is -0.507 e. The normalized spacial score (nSPS) is 11.4. The number of hydrogen-bond acceptors (Lipinski definition) is 3. The number of nitrogens with one attached hydrogen (secondary N) is 1. The number of rotatable bonds is 3. The predicted octanol–water partition coefficient (Wildman–Crippen LogP) is 4.04. The van der Waals surface area contributed by atoms with E-state index in [2.05, 4.69) is 4.98 Å². The number of benzene rings is 3. The summed E-state index contributed by atoms with van der Waals surface area (Å²) in [6.07, 6.45) is 3.33. The second kappa shape index (κ2) is 6.49. The van der Waals surface area contributed by atoms with Gasteiger partial charge in [0.2, 0.25) is 0 Å². The number of nitrogens with zero attached hydrogens (tertiary/aromatic N) is 1. The van der Waals surface area contributed by atoms with Gasteiger partial charge in [-0.1, -0.05) is 36.4 Å². The highest BCUT2D eigenvalue weighted by Crippen LogP contribution is 2.32. The van der Waals surface area contributed by atoms with Crippen LogP contribution in [0.1, 0.15) is 11.1 Å². The molecule has 5 nitrogen and oxygen atoms in total. The number of aromatic amines is 1. The third kappa shape index (κ3) is 3.08. The summed E-state index contributed by atoms with van der Waals surface area (Å²) in [5.74, 6) is -0.693. The van der Waals surface area contributed by atoms with Crippen LogP contribution in [0.5, 0.6) is 11.5 Å². The van der Waals surface area contributed by atoms with Crippen molar-refractivity contribution in [3.8, 4) is 17.2 Å². The number of phenolic OH excluding ortho intramolecular Hbond substituents is 2. The van der Waals surface area contributed by atoms with Gasteiger partial charge in [0.05, 0.1) is 16.7 Å². The molecule has 0 unspecified atom stereocenters. The van der Waals surface area contributed by atoms with Crippen molar-refractivity contribution in [3.05, 3.63) is 88.1 Å². The summed E-state index contributed by atoms with van der Waals surface area (Å²) in [6.45, 7) is 0. The van der Waals surface area contributed by atoms with Gasteiger partial charge in [-0.3, -0.25) is 4.57 Å². The van der Waals surface area contributed by atoms with Crippen LogP contribution in [-0.2, 0) is 0 Å². The highest BCUT2D eigenvalue weighted by Gasteiger charge is 2.14. The van der Waals surface area contributed by atoms with Crippen molar-refractivity contribution in [2.75, 3.05) is 0 Å². The van der Waals surface area contributed by atoms with Gasteiger partial charge in [0.25, 0.3) is 0 Å². The van der Waals surface area contributed by atoms with Gasteiger partial charge in [0, 0.05) is 11.6 Å². The third-order valence-electron chi connectivity index (χ3n) is 4.28. The maximum atomic E-state index is 13.0. The fourth-order valence-electron chi connectivity index (χ4n) is 2.95. The number of H-pyrrole nitrogens is 1. The first-order valence-corrected chi connectivity index (χ1v) is 8.23. The number of aromatic hydroxyl groups is 2. The minimum atomic E-state index is -0.398. The van der Waals surface area contributed by atoms with Gasteiger partial charge in [-0.25, -0.2) is 9.18 Å². The lowest BCUT2D eigenvalue weighted by Gasteiger charge is -2.09. The Bertz CT molecular complexity index is 1220. The van der Waals surface area contributed by atoms with E-state index in [0.717, 1.165) is 5.56 Å². The largest absolute Gasteiger partial charge is 0.507 e. The van der Waals surface area contributed by atoms with Crippen LogP contribution in [-0.4, -0.2) is 19.8 Å². The zero-order chi connectivity index (χ0) is 19.0. The molecular weight excluding hydrogens is 347 g/mol. The molecule has 4 rings (SSSR count). The van der Waals surface area contributed by atoms with E-state index in [0.29, 0.717) is 16.6 Å². The van der Waals surface area contributed by atoms with Gasteiger partial charge < -0.3 is 15.2 Å². The van der Waals surface area contributed by atoms with E-state index >= 15 is 0 Å². The molecule has 0 aliphatic heterocycles. The molecule has 0 atom stereocenters. The molecule has 0 spiro atoms. The topological polar surface area (TPSA) is 78.2 Å². The molecule has 1 aromatic heterocycles. The van der Waals surface area contributed by atoms with E-state index < -0.39 is 5.69 Å². The van der Waals surface area contributed by atoms with Crippen molar-refractivity contribution in [1.29, 1.82) is 0 Å². The number of fused-ring (bicyclic) bond motifs is 1. The highest BCUT2D eigenvalue weighted by atomic mass is 19.1. The average molecular weight is 362 g/mol. The van der Waals surface area contributed by atoms with Gasteiger partial charge in [-0.15, -0.1) is 0 Å². The molecule has 0 aliphatic carbocycles. The van der Waals surface area contributed by atoms with Crippen LogP contribution in [0.3, 0.4) is 0 Å². The van der Waals surface area contributed by atoms with Gasteiger partial charge in [0.15, 0.2) is 0 Å². The van der Waals surface area contributed by atoms with Crippen LogP contribution in [0, 0.1) is 5.82 Å². The zero-order valence-electron chi connectivity index (χ0n) is 14.1. The van der Waals surface area contributed by atoms with Gasteiger partial charge in [-0.2, -0.15) is 0 Å². The van der Waals surface area contributed by atoms with E-state index in [4.69, 9.17) is 0 Å². The van der Waals surface area contributed by atoms with Crippen molar-refractivity contribution in [1.82, 2.24) is 9.55 Å². The van der Waals surface area contributed by atoms with Crippen molar-refractivity contribution in [2.45, 2.75) is 0 Å². The average Bonchev–Trinajstić information content (AvgIpc) is 2.98. The quantitative estimate of drug-likeness (QED) is 0.481. The van der Waals surface area contributed by atoms with Crippen molar-refractivity contribution in [3.63, 3.8) is 0 Å². The number of halogens is 1. The van der Waals surface area contributed by atoms with E-state index in [1.807, 2.05) is 0 Å². The maximum absolute atomic E-state index is 13.0. The molecule has 6 heteroatoms. The van der Waals surface area contributed by atoms with E-state index in [1.54, 1.807) is 48.6 Å². The van der Waals surface area contributed by atoms with E-state index in [1.165, 1.54) is 28.8 Å². The second-order valence-electron chi connectivity index (χ2n) is 6.07. The molecule has 3 N–H and O–H groups in total. The Kier molecular flexibility index (Phi) is 4.01. The number of aromatic nitrogens is 2. The molecule has 0 bridgehead atoms. The van der Waals surface area contributed by atoms with Crippen LogP contribution < -0.4 is 5.69 Å². The molecule has 0 fully saturated rings. The van der Waals surface area contributed by atoms with Gasteiger partial charge in [0.1, 0.15) is 17.3 Å². The van der Waals surface area contributed by atoms with Crippen LogP contribution >= 0.6 is 0 Å². The Balaban J connectivity index is 1.83. The summed E-state index contributed by atoms with van der Waals surface area (Å²) < 4.78 is 14.4. The van der Waals surface area contributed by atoms with E-state index in [-0.39, 0.29) is 23.0 Å². The number of para-hydroxylation sites is 2. The fourth-order valence-corrected chi connectivity index (χ4v) is 2.95. The van der Waals surface area contributed by atoms with Crippen molar-refractivity contribution >= 4 is 23.2 Å². The SMILES string of the molecule is O=c1[nH]c2ccccc2n1-c1cc(C=Cc2ccc(F)cc2)c(O)cc1O.